The van der Waals surface area contributed by atoms with E-state index in [4.69, 9.17) is 9.62 Å². The van der Waals surface area contributed by atoms with Crippen LogP contribution in [0.4, 0.5) is 0 Å². The molecule has 1 atom stereocenters. The molecule has 1 aliphatic rings. The molecule has 0 unspecified atom stereocenters. The van der Waals surface area contributed by atoms with Crippen LogP contribution in [0.2, 0.25) is 0 Å². The number of nitrogens with zero attached hydrogens (tertiary/aromatic N) is 4. The van der Waals surface area contributed by atoms with Crippen molar-refractivity contribution in [2.24, 2.45) is 0 Å². The van der Waals surface area contributed by atoms with Crippen molar-refractivity contribution in [2.75, 3.05) is 14.1 Å². The smallest absolute Gasteiger partial charge is 0.271 e. The quantitative estimate of drug-likeness (QED) is 0.652. The molecule has 0 saturated heterocycles. The lowest BCUT2D eigenvalue weighted by Crippen LogP contribution is -2.36. The van der Waals surface area contributed by atoms with Crippen LogP contribution < -0.4 is 5.32 Å². The summed E-state index contributed by atoms with van der Waals surface area (Å²) in [6.45, 7) is 3.42. The maximum Gasteiger partial charge on any atom is 0.271 e. The summed E-state index contributed by atoms with van der Waals surface area (Å²) in [6.07, 6.45) is 3.66. The van der Waals surface area contributed by atoms with Crippen LogP contribution in [0.25, 0.3) is 0 Å². The summed E-state index contributed by atoms with van der Waals surface area (Å²) in [5, 5.41) is 11.4. The number of carbonyl (C=O) groups excluding carboxylic acids is 1. The van der Waals surface area contributed by atoms with E-state index in [9.17, 15) is 4.79 Å². The summed E-state index contributed by atoms with van der Waals surface area (Å²) in [5.41, 5.74) is 5.02. The van der Waals surface area contributed by atoms with Gasteiger partial charge in [-0.25, -0.2) is 0 Å². The predicted octanol–water partition coefficient (Wildman–Crippen LogP) is 2.77. The molecule has 1 aromatic carbocycles. The number of nitrogens with one attached hydrogen (secondary N) is 1. The van der Waals surface area contributed by atoms with Gasteiger partial charge in [-0.05, 0) is 45.2 Å². The first-order chi connectivity index (χ1) is 14.5. The van der Waals surface area contributed by atoms with E-state index in [1.807, 2.05) is 23.7 Å². The fraction of sp³-hybridized carbons (Fsp3) is 0.435. The van der Waals surface area contributed by atoms with Gasteiger partial charge < -0.3 is 9.84 Å². The second-order valence-electron chi connectivity index (χ2n) is 8.06. The highest BCUT2D eigenvalue weighted by atomic mass is 16.5. The van der Waals surface area contributed by atoms with Gasteiger partial charge in [-0.3, -0.25) is 14.4 Å². The standard InChI is InChI=1S/C23H29N5O2/c1-16-13-19(30-26-16)15-27(3)18-9-10-21-20(14-18)22(23(29)24-2)25-28(21)12-11-17-7-5-4-6-8-17/h4-8,13,18H,9-12,14-15H2,1-3H3,(H,24,29)/t18-/m0/s1. The maximum atomic E-state index is 12.5. The van der Waals surface area contributed by atoms with Crippen LogP contribution in [0.15, 0.2) is 40.9 Å². The second kappa shape index (κ2) is 8.83. The van der Waals surface area contributed by atoms with Gasteiger partial charge >= 0.3 is 0 Å². The third-order valence-electron chi connectivity index (χ3n) is 5.92. The third kappa shape index (κ3) is 4.31. The summed E-state index contributed by atoms with van der Waals surface area (Å²) in [4.78, 5) is 14.8. The van der Waals surface area contributed by atoms with Gasteiger partial charge in [0.2, 0.25) is 0 Å². The second-order valence-corrected chi connectivity index (χ2v) is 8.06. The molecule has 0 spiro atoms. The zero-order valence-electron chi connectivity index (χ0n) is 17.9. The normalized spacial score (nSPS) is 15.9. The number of hydrogen-bond acceptors (Lipinski definition) is 5. The van der Waals surface area contributed by atoms with E-state index in [-0.39, 0.29) is 5.91 Å². The number of rotatable bonds is 7. The highest BCUT2D eigenvalue weighted by Crippen LogP contribution is 2.28. The van der Waals surface area contributed by atoms with E-state index >= 15 is 0 Å². The summed E-state index contributed by atoms with van der Waals surface area (Å²) in [5.74, 6) is 0.754. The Morgan fingerprint density at radius 2 is 2.13 bits per heavy atom. The minimum Gasteiger partial charge on any atom is -0.360 e. The minimum absolute atomic E-state index is 0.112. The number of aryl methyl sites for hydroxylation is 3. The first-order valence-electron chi connectivity index (χ1n) is 10.5. The lowest BCUT2D eigenvalue weighted by Gasteiger charge is -2.31. The lowest BCUT2D eigenvalue weighted by atomic mass is 9.90. The average molecular weight is 408 g/mol. The largest absolute Gasteiger partial charge is 0.360 e. The van der Waals surface area contributed by atoms with Crippen LogP contribution in [0.1, 0.15) is 45.2 Å². The Morgan fingerprint density at radius 3 is 2.83 bits per heavy atom. The van der Waals surface area contributed by atoms with Crippen molar-refractivity contribution in [1.29, 1.82) is 0 Å². The van der Waals surface area contributed by atoms with E-state index in [1.54, 1.807) is 7.05 Å². The van der Waals surface area contributed by atoms with E-state index in [1.165, 1.54) is 11.3 Å². The molecule has 1 aliphatic carbocycles. The monoisotopic (exact) mass is 407 g/mol. The van der Waals surface area contributed by atoms with Crippen molar-refractivity contribution in [3.63, 3.8) is 0 Å². The van der Waals surface area contributed by atoms with Gasteiger partial charge in [0, 0.05) is 37.0 Å². The fourth-order valence-corrected chi connectivity index (χ4v) is 4.28. The van der Waals surface area contributed by atoms with Crippen LogP contribution in [0, 0.1) is 6.92 Å². The molecule has 3 aromatic rings. The number of fused-ring (bicyclic) bond motifs is 1. The Morgan fingerprint density at radius 1 is 1.33 bits per heavy atom. The molecule has 2 aromatic heterocycles. The van der Waals surface area contributed by atoms with E-state index in [0.29, 0.717) is 18.3 Å². The van der Waals surface area contributed by atoms with Gasteiger partial charge in [0.05, 0.1) is 12.2 Å². The highest BCUT2D eigenvalue weighted by Gasteiger charge is 2.30. The summed E-state index contributed by atoms with van der Waals surface area (Å²) in [7, 11) is 3.77. The maximum absolute atomic E-state index is 12.5. The van der Waals surface area contributed by atoms with E-state index in [0.717, 1.165) is 49.2 Å². The molecule has 4 rings (SSSR count). The van der Waals surface area contributed by atoms with Crippen LogP contribution in [-0.4, -0.2) is 45.9 Å². The molecule has 0 aliphatic heterocycles. The molecule has 1 N–H and O–H groups in total. The molecule has 2 heterocycles. The SMILES string of the molecule is CNC(=O)c1nn(CCc2ccccc2)c2c1C[C@@H](N(C)Cc1cc(C)no1)CC2. The summed E-state index contributed by atoms with van der Waals surface area (Å²) < 4.78 is 7.43. The first-order valence-corrected chi connectivity index (χ1v) is 10.5. The van der Waals surface area contributed by atoms with Crippen molar-refractivity contribution in [3.8, 4) is 0 Å². The Balaban J connectivity index is 1.52. The number of hydrogen-bond donors (Lipinski definition) is 1. The highest BCUT2D eigenvalue weighted by molar-refractivity contribution is 5.93. The van der Waals surface area contributed by atoms with Gasteiger partial charge in [0.25, 0.3) is 5.91 Å². The molecule has 0 bridgehead atoms. The number of amides is 1. The lowest BCUT2D eigenvalue weighted by molar-refractivity contribution is 0.0955. The third-order valence-corrected chi connectivity index (χ3v) is 5.92. The van der Waals surface area contributed by atoms with Crippen LogP contribution in [-0.2, 0) is 32.4 Å². The topological polar surface area (TPSA) is 76.2 Å². The molecular weight excluding hydrogens is 378 g/mol. The van der Waals surface area contributed by atoms with E-state index in [2.05, 4.69) is 46.7 Å². The molecule has 7 heteroatoms. The average Bonchev–Trinajstić information content (AvgIpc) is 3.35. The number of benzene rings is 1. The van der Waals surface area contributed by atoms with Crippen molar-refractivity contribution in [2.45, 2.75) is 51.7 Å². The molecule has 0 radical (unpaired) electrons. The van der Waals surface area contributed by atoms with Gasteiger partial charge in [-0.15, -0.1) is 0 Å². The molecule has 0 saturated carbocycles. The first kappa shape index (κ1) is 20.3. The number of likely N-dealkylation sites (N-methyl/N-ethyl adjacent to an activating group) is 1. The molecule has 1 amide bonds. The fourth-order valence-electron chi connectivity index (χ4n) is 4.28. The van der Waals surface area contributed by atoms with Crippen molar-refractivity contribution in [3.05, 3.63) is 70.4 Å². The Kier molecular flexibility index (Phi) is 5.99. The van der Waals surface area contributed by atoms with Crippen molar-refractivity contribution >= 4 is 5.91 Å². The molecular formula is C23H29N5O2. The van der Waals surface area contributed by atoms with Crippen LogP contribution in [0.3, 0.4) is 0 Å². The predicted molar refractivity (Wildman–Crippen MR) is 114 cm³/mol. The van der Waals surface area contributed by atoms with Crippen molar-refractivity contribution < 1.29 is 9.32 Å². The van der Waals surface area contributed by atoms with Crippen molar-refractivity contribution in [1.82, 2.24) is 25.2 Å². The van der Waals surface area contributed by atoms with Gasteiger partial charge in [0.15, 0.2) is 11.5 Å². The molecule has 30 heavy (non-hydrogen) atoms. The molecule has 0 fully saturated rings. The Labute approximate surface area is 177 Å². The molecule has 158 valence electrons. The van der Waals surface area contributed by atoms with Crippen LogP contribution in [0.5, 0.6) is 0 Å². The minimum atomic E-state index is -0.112. The number of aromatic nitrogens is 3. The number of carbonyl (C=O) groups is 1. The van der Waals surface area contributed by atoms with Gasteiger partial charge in [-0.1, -0.05) is 35.5 Å². The van der Waals surface area contributed by atoms with Crippen LogP contribution >= 0.6 is 0 Å². The zero-order valence-corrected chi connectivity index (χ0v) is 17.9. The Hall–Kier alpha value is -2.93. The molecule has 7 nitrogen and oxygen atoms in total. The summed E-state index contributed by atoms with van der Waals surface area (Å²) >= 11 is 0. The van der Waals surface area contributed by atoms with E-state index < -0.39 is 0 Å². The zero-order chi connectivity index (χ0) is 21.1. The van der Waals surface area contributed by atoms with Gasteiger partial charge in [0.1, 0.15) is 0 Å². The van der Waals surface area contributed by atoms with Gasteiger partial charge in [-0.2, -0.15) is 5.10 Å². The Bertz CT molecular complexity index is 1010. The summed E-state index contributed by atoms with van der Waals surface area (Å²) in [6, 6.07) is 12.7.